The fraction of sp³-hybridized carbons (Fsp3) is 0.943. The summed E-state index contributed by atoms with van der Waals surface area (Å²) in [4.78, 5) is 0. The molecule has 1 saturated heterocycles. The Bertz CT molecular complexity index is 1040. The van der Waals surface area contributed by atoms with Gasteiger partial charge in [0.15, 0.2) is 6.29 Å². The number of fused-ring (bicyclic) bond motifs is 5. The van der Waals surface area contributed by atoms with Crippen molar-refractivity contribution in [1.82, 2.24) is 0 Å². The van der Waals surface area contributed by atoms with Crippen molar-refractivity contribution < 1.29 is 49.6 Å². The zero-order valence-corrected chi connectivity index (χ0v) is 28.3. The van der Waals surface area contributed by atoms with E-state index in [1.54, 1.807) is 0 Å². The summed E-state index contributed by atoms with van der Waals surface area (Å²) in [6, 6.07) is 0. The molecule has 260 valence electrons. The zero-order valence-electron chi connectivity index (χ0n) is 28.3. The van der Waals surface area contributed by atoms with Gasteiger partial charge in [-0.2, -0.15) is 0 Å². The summed E-state index contributed by atoms with van der Waals surface area (Å²) in [6.07, 6.45) is 1.29. The molecule has 5 aliphatic rings. The van der Waals surface area contributed by atoms with E-state index in [0.717, 1.165) is 12.8 Å². The molecule has 0 radical (unpaired) electrons. The molecule has 1 aliphatic heterocycles. The Morgan fingerprint density at radius 2 is 1.58 bits per heavy atom. The lowest BCUT2D eigenvalue weighted by Gasteiger charge is -2.66. The molecule has 0 spiro atoms. The molecule has 0 bridgehead atoms. The van der Waals surface area contributed by atoms with Crippen LogP contribution >= 0.6 is 0 Å². The van der Waals surface area contributed by atoms with Crippen molar-refractivity contribution in [1.29, 1.82) is 0 Å². The first-order valence-electron chi connectivity index (χ1n) is 17.2. The Kier molecular flexibility index (Phi) is 10.6. The molecule has 4 saturated carbocycles. The lowest BCUT2D eigenvalue weighted by atomic mass is 9.41. The van der Waals surface area contributed by atoms with Crippen LogP contribution in [0.25, 0.3) is 0 Å². The van der Waals surface area contributed by atoms with Crippen LogP contribution in [0.15, 0.2) is 12.2 Å². The van der Waals surface area contributed by atoms with Crippen molar-refractivity contribution in [3.63, 3.8) is 0 Å². The molecule has 10 heteroatoms. The van der Waals surface area contributed by atoms with E-state index in [2.05, 4.69) is 39.8 Å². The molecule has 0 aromatic rings. The number of aliphatic hydroxyl groups is 6. The van der Waals surface area contributed by atoms with Crippen molar-refractivity contribution in [2.45, 2.75) is 128 Å². The van der Waals surface area contributed by atoms with E-state index in [-0.39, 0.29) is 60.6 Å². The van der Waals surface area contributed by atoms with E-state index in [9.17, 15) is 30.6 Å². The molecule has 4 aliphatic carbocycles. The molecule has 5 fully saturated rings. The monoisotopic (exact) mass is 640 g/mol. The van der Waals surface area contributed by atoms with Crippen molar-refractivity contribution in [3.8, 4) is 0 Å². The van der Waals surface area contributed by atoms with Gasteiger partial charge in [0.25, 0.3) is 0 Å². The van der Waals surface area contributed by atoms with Gasteiger partial charge in [0, 0.05) is 39.1 Å². The molecule has 45 heavy (non-hydrogen) atoms. The first-order valence-corrected chi connectivity index (χ1v) is 17.2. The van der Waals surface area contributed by atoms with Crippen molar-refractivity contribution in [2.75, 3.05) is 27.4 Å². The van der Waals surface area contributed by atoms with Crippen LogP contribution in [-0.2, 0) is 18.9 Å². The average Bonchev–Trinajstić information content (AvgIpc) is 3.27. The topological polar surface area (TPSA) is 158 Å². The van der Waals surface area contributed by atoms with Crippen LogP contribution in [0, 0.1) is 52.3 Å². The van der Waals surface area contributed by atoms with Gasteiger partial charge in [0.1, 0.15) is 18.3 Å². The predicted molar refractivity (Wildman–Crippen MR) is 167 cm³/mol. The van der Waals surface area contributed by atoms with E-state index >= 15 is 0 Å². The number of hydrogen-bond donors (Lipinski definition) is 6. The summed E-state index contributed by atoms with van der Waals surface area (Å²) in [5, 5.41) is 68.1. The summed E-state index contributed by atoms with van der Waals surface area (Å²) >= 11 is 0. The van der Waals surface area contributed by atoms with Crippen LogP contribution in [0.4, 0.5) is 0 Å². The summed E-state index contributed by atoms with van der Waals surface area (Å²) in [5.41, 5.74) is -2.15. The second kappa shape index (κ2) is 13.3. The SMILES string of the molecule is COC1C(O)[C@H](OC)CO[C@H]1O[C@H]1CC[C@@]2(C)C([C@H](O)C[C@]3(O)C2CC[C@]2(C)C([C@H](C)/C=C/[C@@H](C)C(C)CO)C[C@H](O)C23)[C@H]1O. The van der Waals surface area contributed by atoms with Gasteiger partial charge in [-0.05, 0) is 72.5 Å². The van der Waals surface area contributed by atoms with Crippen LogP contribution in [0.1, 0.15) is 73.1 Å². The molecule has 0 aromatic heterocycles. The number of ether oxygens (including phenoxy) is 4. The van der Waals surface area contributed by atoms with Gasteiger partial charge < -0.3 is 49.6 Å². The Hall–Kier alpha value is -0.660. The van der Waals surface area contributed by atoms with Crippen LogP contribution in [0.3, 0.4) is 0 Å². The maximum Gasteiger partial charge on any atom is 0.186 e. The number of methoxy groups -OCH3 is 2. The molecular weight excluding hydrogens is 580 g/mol. The third-order valence-corrected chi connectivity index (χ3v) is 13.6. The number of rotatable bonds is 9. The van der Waals surface area contributed by atoms with Gasteiger partial charge in [-0.15, -0.1) is 0 Å². The Balaban J connectivity index is 1.34. The van der Waals surface area contributed by atoms with Gasteiger partial charge in [-0.1, -0.05) is 46.8 Å². The van der Waals surface area contributed by atoms with Gasteiger partial charge in [0.2, 0.25) is 0 Å². The van der Waals surface area contributed by atoms with Crippen LogP contribution in [-0.4, -0.2) is 113 Å². The average molecular weight is 641 g/mol. The summed E-state index contributed by atoms with van der Waals surface area (Å²) in [6.45, 7) is 10.9. The van der Waals surface area contributed by atoms with E-state index in [1.807, 2.05) is 6.92 Å². The maximum absolute atomic E-state index is 12.7. The third kappa shape index (κ3) is 5.87. The Morgan fingerprint density at radius 1 is 0.889 bits per heavy atom. The third-order valence-electron chi connectivity index (χ3n) is 13.6. The normalized spacial score (nSPS) is 52.1. The second-order valence-electron chi connectivity index (χ2n) is 15.9. The molecule has 0 amide bonds. The predicted octanol–water partition coefficient (Wildman–Crippen LogP) is 2.26. The summed E-state index contributed by atoms with van der Waals surface area (Å²) in [5.74, 6) is -0.348. The smallest absolute Gasteiger partial charge is 0.186 e. The van der Waals surface area contributed by atoms with Crippen LogP contribution in [0.2, 0.25) is 0 Å². The highest BCUT2D eigenvalue weighted by Gasteiger charge is 2.72. The highest BCUT2D eigenvalue weighted by atomic mass is 16.7. The summed E-state index contributed by atoms with van der Waals surface area (Å²) in [7, 11) is 2.97. The van der Waals surface area contributed by atoms with Crippen LogP contribution in [0.5, 0.6) is 0 Å². The van der Waals surface area contributed by atoms with Gasteiger partial charge in [0.05, 0.1) is 36.6 Å². The minimum Gasteiger partial charge on any atom is -0.396 e. The summed E-state index contributed by atoms with van der Waals surface area (Å²) < 4.78 is 22.9. The fourth-order valence-corrected chi connectivity index (χ4v) is 10.9. The molecule has 0 aromatic carbocycles. The van der Waals surface area contributed by atoms with Crippen LogP contribution < -0.4 is 0 Å². The van der Waals surface area contributed by atoms with E-state index in [4.69, 9.17) is 18.9 Å². The molecule has 5 rings (SSSR count). The minimum absolute atomic E-state index is 0.0931. The number of hydrogen-bond acceptors (Lipinski definition) is 10. The molecule has 6 N–H and O–H groups in total. The standard InChI is InChI=1S/C35H60O10/c1-18(20(3)16-36)8-9-19(2)21-14-22(37)31-33(21,4)13-11-26-34(5)12-10-24(28(39)27(34)23(38)15-35(26,31)41)45-32-30(43-7)29(40)25(42-6)17-44-32/h8-9,18-32,36-41H,10-17H2,1-7H3/b9-8+/t18-,19-,20?,21?,22+,23-,24+,25-,26?,27?,28+,29?,30?,31?,32+,33-,34-,35+/m1/s1. The van der Waals surface area contributed by atoms with E-state index in [0.29, 0.717) is 19.3 Å². The molecule has 1 heterocycles. The zero-order chi connectivity index (χ0) is 33.1. The van der Waals surface area contributed by atoms with Crippen molar-refractivity contribution >= 4 is 0 Å². The quantitative estimate of drug-likeness (QED) is 0.163. The fourth-order valence-electron chi connectivity index (χ4n) is 10.9. The van der Waals surface area contributed by atoms with Gasteiger partial charge >= 0.3 is 0 Å². The van der Waals surface area contributed by atoms with Crippen molar-refractivity contribution in [2.24, 2.45) is 52.3 Å². The lowest BCUT2D eigenvalue weighted by Crippen LogP contribution is -2.71. The Labute approximate surface area is 269 Å². The van der Waals surface area contributed by atoms with Gasteiger partial charge in [-0.25, -0.2) is 0 Å². The molecule has 7 unspecified atom stereocenters. The lowest BCUT2D eigenvalue weighted by molar-refractivity contribution is -0.321. The first-order chi connectivity index (χ1) is 21.2. The number of aliphatic hydroxyl groups excluding tert-OH is 5. The first kappa shape index (κ1) is 35.6. The molecule has 18 atom stereocenters. The molecular formula is C35H60O10. The minimum atomic E-state index is -1.27. The molecule has 10 nitrogen and oxygen atoms in total. The van der Waals surface area contributed by atoms with Crippen molar-refractivity contribution in [3.05, 3.63) is 12.2 Å². The number of allylic oxidation sites excluding steroid dienone is 2. The van der Waals surface area contributed by atoms with Gasteiger partial charge in [-0.3, -0.25) is 0 Å². The highest BCUT2D eigenvalue weighted by molar-refractivity contribution is 5.21. The largest absolute Gasteiger partial charge is 0.396 e. The highest BCUT2D eigenvalue weighted by Crippen LogP contribution is 2.69. The maximum atomic E-state index is 12.7. The van der Waals surface area contributed by atoms with E-state index in [1.165, 1.54) is 14.2 Å². The van der Waals surface area contributed by atoms with E-state index < -0.39 is 66.0 Å². The second-order valence-corrected chi connectivity index (χ2v) is 15.9. The Morgan fingerprint density at radius 3 is 2.22 bits per heavy atom.